The number of hydrogen-bond donors (Lipinski definition) is 1. The molecule has 1 atom stereocenters. The highest BCUT2D eigenvalue weighted by Crippen LogP contribution is 2.22. The van der Waals surface area contributed by atoms with Crippen molar-refractivity contribution >= 4 is 17.7 Å². The summed E-state index contributed by atoms with van der Waals surface area (Å²) in [7, 11) is 0. The number of piperidine rings is 1. The van der Waals surface area contributed by atoms with Crippen LogP contribution in [0.2, 0.25) is 0 Å². The van der Waals surface area contributed by atoms with Crippen molar-refractivity contribution in [1.82, 2.24) is 4.90 Å². The Morgan fingerprint density at radius 1 is 1.22 bits per heavy atom. The molecule has 2 amide bonds. The Balaban J connectivity index is 2.03. The molecular weight excluding hydrogens is 292 g/mol. The molecule has 1 unspecified atom stereocenters. The van der Waals surface area contributed by atoms with Gasteiger partial charge in [-0.3, -0.25) is 4.79 Å². The molecule has 1 fully saturated rings. The predicted octanol–water partition coefficient (Wildman–Crippen LogP) is 3.42. The molecule has 126 valence electrons. The van der Waals surface area contributed by atoms with Crippen LogP contribution in [0.1, 0.15) is 36.5 Å². The Bertz CT molecular complexity index is 598. The van der Waals surface area contributed by atoms with Crippen LogP contribution >= 0.6 is 0 Å². The number of aryl methyl sites for hydroxylation is 3. The quantitative estimate of drug-likeness (QED) is 0.869. The van der Waals surface area contributed by atoms with Crippen molar-refractivity contribution in [2.75, 3.05) is 25.0 Å². The molecule has 1 aliphatic rings. The fourth-order valence-electron chi connectivity index (χ4n) is 2.90. The Hall–Kier alpha value is -2.04. The second kappa shape index (κ2) is 7.49. The van der Waals surface area contributed by atoms with Gasteiger partial charge in [0.2, 0.25) is 0 Å². The van der Waals surface area contributed by atoms with Crippen LogP contribution in [0.15, 0.2) is 12.1 Å². The molecule has 1 aromatic carbocycles. The molecule has 0 aromatic heterocycles. The van der Waals surface area contributed by atoms with E-state index in [1.807, 2.05) is 19.9 Å². The SMILES string of the molecule is CCOC(=O)C1CCCN(C(=O)Nc2cc(C)c(C)cc2C)C1. The van der Waals surface area contributed by atoms with Gasteiger partial charge in [-0.1, -0.05) is 6.07 Å². The number of nitrogens with zero attached hydrogens (tertiary/aromatic N) is 1. The van der Waals surface area contributed by atoms with E-state index in [1.54, 1.807) is 11.8 Å². The van der Waals surface area contributed by atoms with Crippen molar-refractivity contribution in [2.45, 2.75) is 40.5 Å². The number of esters is 1. The topological polar surface area (TPSA) is 58.6 Å². The van der Waals surface area contributed by atoms with Gasteiger partial charge in [0, 0.05) is 18.8 Å². The molecule has 0 bridgehead atoms. The number of amides is 2. The fraction of sp³-hybridized carbons (Fsp3) is 0.556. The van der Waals surface area contributed by atoms with Gasteiger partial charge in [-0.15, -0.1) is 0 Å². The molecule has 0 radical (unpaired) electrons. The number of nitrogens with one attached hydrogen (secondary N) is 1. The average Bonchev–Trinajstić information content (AvgIpc) is 2.53. The third-order valence-corrected chi connectivity index (χ3v) is 4.41. The minimum Gasteiger partial charge on any atom is -0.466 e. The molecular formula is C18H26N2O3. The lowest BCUT2D eigenvalue weighted by Gasteiger charge is -2.31. The first kappa shape index (κ1) is 17.3. The van der Waals surface area contributed by atoms with Crippen LogP contribution in [0.25, 0.3) is 0 Å². The second-order valence-corrected chi connectivity index (χ2v) is 6.22. The summed E-state index contributed by atoms with van der Waals surface area (Å²) in [5.41, 5.74) is 4.23. The van der Waals surface area contributed by atoms with Crippen LogP contribution in [0.4, 0.5) is 10.5 Å². The Labute approximate surface area is 138 Å². The number of urea groups is 1. The molecule has 0 spiro atoms. The Morgan fingerprint density at radius 3 is 2.61 bits per heavy atom. The molecule has 5 nitrogen and oxygen atoms in total. The lowest BCUT2D eigenvalue weighted by molar-refractivity contribution is -0.149. The molecule has 2 rings (SSSR count). The van der Waals surface area contributed by atoms with Gasteiger partial charge in [0.05, 0.1) is 12.5 Å². The van der Waals surface area contributed by atoms with E-state index < -0.39 is 0 Å². The molecule has 1 aliphatic heterocycles. The lowest BCUT2D eigenvalue weighted by atomic mass is 9.98. The molecule has 0 saturated carbocycles. The number of carbonyl (C=O) groups is 2. The van der Waals surface area contributed by atoms with Crippen molar-refractivity contribution < 1.29 is 14.3 Å². The van der Waals surface area contributed by atoms with Gasteiger partial charge in [-0.05, 0) is 63.3 Å². The maximum atomic E-state index is 12.5. The van der Waals surface area contributed by atoms with E-state index in [1.165, 1.54) is 5.56 Å². The minimum atomic E-state index is -0.213. The van der Waals surface area contributed by atoms with Gasteiger partial charge in [0.1, 0.15) is 0 Å². The van der Waals surface area contributed by atoms with Crippen molar-refractivity contribution in [3.63, 3.8) is 0 Å². The summed E-state index contributed by atoms with van der Waals surface area (Å²) in [6.07, 6.45) is 1.61. The monoisotopic (exact) mass is 318 g/mol. The Morgan fingerprint density at radius 2 is 1.91 bits per heavy atom. The summed E-state index contributed by atoms with van der Waals surface area (Å²) in [5.74, 6) is -0.414. The molecule has 23 heavy (non-hydrogen) atoms. The summed E-state index contributed by atoms with van der Waals surface area (Å²) in [5, 5.41) is 2.97. The molecule has 5 heteroatoms. The van der Waals surface area contributed by atoms with Crippen molar-refractivity contribution in [3.05, 3.63) is 28.8 Å². The summed E-state index contributed by atoms with van der Waals surface area (Å²) in [6, 6.07) is 3.92. The number of anilines is 1. The zero-order valence-electron chi connectivity index (χ0n) is 14.4. The fourth-order valence-corrected chi connectivity index (χ4v) is 2.90. The number of likely N-dealkylation sites (tertiary alicyclic amines) is 1. The standard InChI is InChI=1S/C18H26N2O3/c1-5-23-17(21)15-7-6-8-20(11-15)18(22)19-16-10-13(3)12(2)9-14(16)4/h9-10,15H,5-8,11H2,1-4H3,(H,19,22). The van der Waals surface area contributed by atoms with Gasteiger partial charge >= 0.3 is 12.0 Å². The van der Waals surface area contributed by atoms with Gasteiger partial charge < -0.3 is 15.0 Å². The first-order valence-corrected chi connectivity index (χ1v) is 8.22. The minimum absolute atomic E-state index is 0.148. The maximum absolute atomic E-state index is 12.5. The van der Waals surface area contributed by atoms with E-state index >= 15 is 0 Å². The van der Waals surface area contributed by atoms with Gasteiger partial charge in [-0.2, -0.15) is 0 Å². The van der Waals surface area contributed by atoms with Gasteiger partial charge in [0.15, 0.2) is 0 Å². The van der Waals surface area contributed by atoms with E-state index in [0.29, 0.717) is 19.7 Å². The van der Waals surface area contributed by atoms with Crippen molar-refractivity contribution in [3.8, 4) is 0 Å². The second-order valence-electron chi connectivity index (χ2n) is 6.22. The number of rotatable bonds is 3. The van der Waals surface area contributed by atoms with Crippen LogP contribution in [-0.2, 0) is 9.53 Å². The third kappa shape index (κ3) is 4.24. The first-order chi connectivity index (χ1) is 10.9. The third-order valence-electron chi connectivity index (χ3n) is 4.41. The lowest BCUT2D eigenvalue weighted by Crippen LogP contribution is -2.44. The van der Waals surface area contributed by atoms with E-state index in [0.717, 1.165) is 29.7 Å². The van der Waals surface area contributed by atoms with Crippen LogP contribution in [-0.4, -0.2) is 36.6 Å². The van der Waals surface area contributed by atoms with Gasteiger partial charge in [-0.25, -0.2) is 4.79 Å². The largest absolute Gasteiger partial charge is 0.466 e. The van der Waals surface area contributed by atoms with Crippen molar-refractivity contribution in [1.29, 1.82) is 0 Å². The molecule has 0 aliphatic carbocycles. The Kier molecular flexibility index (Phi) is 5.64. The average molecular weight is 318 g/mol. The van der Waals surface area contributed by atoms with Gasteiger partial charge in [0.25, 0.3) is 0 Å². The zero-order valence-corrected chi connectivity index (χ0v) is 14.4. The maximum Gasteiger partial charge on any atom is 0.321 e. The number of benzene rings is 1. The zero-order chi connectivity index (χ0) is 17.0. The molecule has 1 heterocycles. The van der Waals surface area contributed by atoms with Crippen LogP contribution < -0.4 is 5.32 Å². The van der Waals surface area contributed by atoms with E-state index in [4.69, 9.17) is 4.74 Å². The highest BCUT2D eigenvalue weighted by atomic mass is 16.5. The summed E-state index contributed by atoms with van der Waals surface area (Å²) in [6.45, 7) is 9.35. The normalized spacial score (nSPS) is 17.7. The molecule has 1 aromatic rings. The summed E-state index contributed by atoms with van der Waals surface area (Å²) < 4.78 is 5.08. The highest BCUT2D eigenvalue weighted by molar-refractivity contribution is 5.90. The first-order valence-electron chi connectivity index (χ1n) is 8.22. The van der Waals surface area contributed by atoms with Crippen LogP contribution in [0.3, 0.4) is 0 Å². The van der Waals surface area contributed by atoms with Crippen LogP contribution in [0.5, 0.6) is 0 Å². The number of ether oxygens (including phenoxy) is 1. The van der Waals surface area contributed by atoms with E-state index in [2.05, 4.69) is 18.3 Å². The summed E-state index contributed by atoms with van der Waals surface area (Å²) in [4.78, 5) is 26.1. The smallest absolute Gasteiger partial charge is 0.321 e. The predicted molar refractivity (Wildman–Crippen MR) is 90.6 cm³/mol. The molecule has 1 saturated heterocycles. The van der Waals surface area contributed by atoms with Crippen molar-refractivity contribution in [2.24, 2.45) is 5.92 Å². The number of hydrogen-bond acceptors (Lipinski definition) is 3. The van der Waals surface area contributed by atoms with E-state index in [9.17, 15) is 9.59 Å². The van der Waals surface area contributed by atoms with Crippen LogP contribution in [0, 0.1) is 26.7 Å². The highest BCUT2D eigenvalue weighted by Gasteiger charge is 2.29. The summed E-state index contributed by atoms with van der Waals surface area (Å²) >= 11 is 0. The van der Waals surface area contributed by atoms with E-state index in [-0.39, 0.29) is 17.9 Å². The number of carbonyl (C=O) groups excluding carboxylic acids is 2. The molecule has 1 N–H and O–H groups in total.